The SMILES string of the molecule is C#CCN(CC1CC1)c1c(F)cccc1[C@@H](C)N. The van der Waals surface area contributed by atoms with E-state index in [0.717, 1.165) is 12.1 Å². The summed E-state index contributed by atoms with van der Waals surface area (Å²) >= 11 is 0. The van der Waals surface area contributed by atoms with Gasteiger partial charge in [0.05, 0.1) is 12.2 Å². The van der Waals surface area contributed by atoms with Crippen molar-refractivity contribution in [1.82, 2.24) is 0 Å². The lowest BCUT2D eigenvalue weighted by atomic mass is 10.0. The van der Waals surface area contributed by atoms with Gasteiger partial charge >= 0.3 is 0 Å². The molecule has 2 rings (SSSR count). The standard InChI is InChI=1S/C15H19FN2/c1-3-9-18(10-12-7-8-12)15-13(11(2)17)5-4-6-14(15)16/h1,4-6,11-12H,7-10,17H2,2H3/t11-/m1/s1. The fourth-order valence-electron chi connectivity index (χ4n) is 2.19. The molecule has 18 heavy (non-hydrogen) atoms. The minimum atomic E-state index is -0.235. The molecular formula is C15H19FN2. The summed E-state index contributed by atoms with van der Waals surface area (Å²) in [5, 5.41) is 0. The molecule has 0 aliphatic heterocycles. The zero-order valence-corrected chi connectivity index (χ0v) is 10.7. The molecule has 1 atom stereocenters. The molecule has 0 unspecified atom stereocenters. The monoisotopic (exact) mass is 246 g/mol. The number of terminal acetylenes is 1. The van der Waals surface area contributed by atoms with Gasteiger partial charge in [0.1, 0.15) is 5.82 Å². The van der Waals surface area contributed by atoms with E-state index in [0.29, 0.717) is 18.2 Å². The number of halogens is 1. The smallest absolute Gasteiger partial charge is 0.146 e. The van der Waals surface area contributed by atoms with Crippen molar-refractivity contribution in [3.63, 3.8) is 0 Å². The van der Waals surface area contributed by atoms with Crippen LogP contribution >= 0.6 is 0 Å². The van der Waals surface area contributed by atoms with Crippen LogP contribution in [-0.4, -0.2) is 13.1 Å². The Morgan fingerprint density at radius 1 is 1.56 bits per heavy atom. The van der Waals surface area contributed by atoms with Gasteiger partial charge in [-0.05, 0) is 37.3 Å². The van der Waals surface area contributed by atoms with Gasteiger partial charge in [-0.1, -0.05) is 18.1 Å². The first kappa shape index (κ1) is 12.9. The van der Waals surface area contributed by atoms with Gasteiger partial charge in [0.2, 0.25) is 0 Å². The van der Waals surface area contributed by atoms with Crippen molar-refractivity contribution in [3.8, 4) is 12.3 Å². The number of hydrogen-bond donors (Lipinski definition) is 1. The van der Waals surface area contributed by atoms with Gasteiger partial charge in [0.25, 0.3) is 0 Å². The van der Waals surface area contributed by atoms with E-state index in [-0.39, 0.29) is 11.9 Å². The molecule has 1 fully saturated rings. The van der Waals surface area contributed by atoms with Crippen LogP contribution in [0, 0.1) is 24.1 Å². The number of para-hydroxylation sites is 1. The van der Waals surface area contributed by atoms with Crippen molar-refractivity contribution < 1.29 is 4.39 Å². The van der Waals surface area contributed by atoms with Gasteiger partial charge in [-0.3, -0.25) is 0 Å². The fourth-order valence-corrected chi connectivity index (χ4v) is 2.19. The average molecular weight is 246 g/mol. The molecule has 3 heteroatoms. The number of nitrogens with two attached hydrogens (primary N) is 1. The van der Waals surface area contributed by atoms with E-state index in [1.54, 1.807) is 6.07 Å². The maximum atomic E-state index is 14.1. The van der Waals surface area contributed by atoms with E-state index in [1.165, 1.54) is 18.9 Å². The quantitative estimate of drug-likeness (QED) is 0.809. The number of rotatable bonds is 5. The molecule has 96 valence electrons. The number of anilines is 1. The third-order valence-corrected chi connectivity index (χ3v) is 3.28. The van der Waals surface area contributed by atoms with Crippen LogP contribution in [0.25, 0.3) is 0 Å². The minimum absolute atomic E-state index is 0.199. The van der Waals surface area contributed by atoms with Gasteiger partial charge in [-0.2, -0.15) is 0 Å². The first-order chi connectivity index (χ1) is 8.63. The topological polar surface area (TPSA) is 29.3 Å². The van der Waals surface area contributed by atoms with Gasteiger partial charge in [-0.25, -0.2) is 4.39 Å². The second kappa shape index (κ2) is 5.41. The molecule has 1 aliphatic carbocycles. The summed E-state index contributed by atoms with van der Waals surface area (Å²) in [7, 11) is 0. The normalized spacial score (nSPS) is 16.1. The molecule has 0 radical (unpaired) electrons. The Kier molecular flexibility index (Phi) is 3.88. The van der Waals surface area contributed by atoms with Crippen LogP contribution in [0.2, 0.25) is 0 Å². The van der Waals surface area contributed by atoms with Crippen LogP contribution in [0.4, 0.5) is 10.1 Å². The second-order valence-electron chi connectivity index (χ2n) is 4.99. The Morgan fingerprint density at radius 3 is 2.83 bits per heavy atom. The third kappa shape index (κ3) is 2.83. The lowest BCUT2D eigenvalue weighted by Crippen LogP contribution is -2.29. The number of benzene rings is 1. The zero-order valence-electron chi connectivity index (χ0n) is 10.7. The highest BCUT2D eigenvalue weighted by molar-refractivity contribution is 5.57. The molecule has 0 saturated heterocycles. The Bertz CT molecular complexity index is 458. The second-order valence-corrected chi connectivity index (χ2v) is 4.99. The largest absolute Gasteiger partial charge is 0.357 e. The molecule has 0 spiro atoms. The molecule has 0 aromatic heterocycles. The van der Waals surface area contributed by atoms with E-state index in [2.05, 4.69) is 5.92 Å². The molecule has 1 aliphatic rings. The highest BCUT2D eigenvalue weighted by Crippen LogP contribution is 2.34. The molecule has 2 nitrogen and oxygen atoms in total. The number of hydrogen-bond acceptors (Lipinski definition) is 2. The highest BCUT2D eigenvalue weighted by atomic mass is 19.1. The summed E-state index contributed by atoms with van der Waals surface area (Å²) in [6, 6.07) is 4.84. The highest BCUT2D eigenvalue weighted by Gasteiger charge is 2.26. The van der Waals surface area contributed by atoms with Crippen molar-refractivity contribution in [2.45, 2.75) is 25.8 Å². The van der Waals surface area contributed by atoms with Crippen LogP contribution in [-0.2, 0) is 0 Å². The maximum Gasteiger partial charge on any atom is 0.146 e. The maximum absolute atomic E-state index is 14.1. The van der Waals surface area contributed by atoms with Crippen molar-refractivity contribution in [3.05, 3.63) is 29.6 Å². The Hall–Kier alpha value is -1.53. The molecule has 0 amide bonds. The Morgan fingerprint density at radius 2 is 2.28 bits per heavy atom. The summed E-state index contributed by atoms with van der Waals surface area (Å²) in [6.07, 6.45) is 7.82. The predicted octanol–water partition coefficient (Wildman–Crippen LogP) is 2.70. The zero-order chi connectivity index (χ0) is 13.1. The van der Waals surface area contributed by atoms with Gasteiger partial charge in [0.15, 0.2) is 0 Å². The van der Waals surface area contributed by atoms with Crippen molar-refractivity contribution in [1.29, 1.82) is 0 Å². The van der Waals surface area contributed by atoms with Gasteiger partial charge in [-0.15, -0.1) is 6.42 Å². The summed E-state index contributed by atoms with van der Waals surface area (Å²) in [4.78, 5) is 1.95. The van der Waals surface area contributed by atoms with E-state index < -0.39 is 0 Å². The van der Waals surface area contributed by atoms with E-state index in [9.17, 15) is 4.39 Å². The fraction of sp³-hybridized carbons (Fsp3) is 0.467. The summed E-state index contributed by atoms with van der Waals surface area (Å²) in [5.74, 6) is 3.03. The summed E-state index contributed by atoms with van der Waals surface area (Å²) in [6.45, 7) is 3.12. The van der Waals surface area contributed by atoms with E-state index >= 15 is 0 Å². The number of nitrogens with zero attached hydrogens (tertiary/aromatic N) is 1. The lowest BCUT2D eigenvalue weighted by molar-refractivity contribution is 0.610. The van der Waals surface area contributed by atoms with Gasteiger partial charge < -0.3 is 10.6 Å². The molecule has 1 saturated carbocycles. The van der Waals surface area contributed by atoms with Crippen LogP contribution < -0.4 is 10.6 Å². The molecule has 2 N–H and O–H groups in total. The van der Waals surface area contributed by atoms with E-state index in [1.807, 2.05) is 17.9 Å². The van der Waals surface area contributed by atoms with Crippen LogP contribution in [0.5, 0.6) is 0 Å². The predicted molar refractivity (Wildman–Crippen MR) is 72.8 cm³/mol. The first-order valence-corrected chi connectivity index (χ1v) is 6.36. The van der Waals surface area contributed by atoms with Crippen molar-refractivity contribution in [2.75, 3.05) is 18.0 Å². The van der Waals surface area contributed by atoms with Crippen LogP contribution in [0.15, 0.2) is 18.2 Å². The molecule has 0 bridgehead atoms. The minimum Gasteiger partial charge on any atom is -0.357 e. The third-order valence-electron chi connectivity index (χ3n) is 3.28. The lowest BCUT2D eigenvalue weighted by Gasteiger charge is -2.26. The van der Waals surface area contributed by atoms with E-state index in [4.69, 9.17) is 12.2 Å². The van der Waals surface area contributed by atoms with Crippen LogP contribution in [0.1, 0.15) is 31.4 Å². The molecular weight excluding hydrogens is 227 g/mol. The van der Waals surface area contributed by atoms with Gasteiger partial charge in [0, 0.05) is 12.6 Å². The summed E-state index contributed by atoms with van der Waals surface area (Å²) < 4.78 is 14.1. The van der Waals surface area contributed by atoms with Crippen LogP contribution in [0.3, 0.4) is 0 Å². The molecule has 1 aromatic rings. The summed E-state index contributed by atoms with van der Waals surface area (Å²) in [5.41, 5.74) is 7.32. The Labute approximate surface area is 108 Å². The first-order valence-electron chi connectivity index (χ1n) is 6.36. The Balaban J connectivity index is 2.35. The van der Waals surface area contributed by atoms with Crippen molar-refractivity contribution >= 4 is 5.69 Å². The average Bonchev–Trinajstić information content (AvgIpc) is 3.12. The molecule has 1 aromatic carbocycles. The molecule has 0 heterocycles. The van der Waals surface area contributed by atoms with Crippen molar-refractivity contribution in [2.24, 2.45) is 11.7 Å².